The molecule has 168 valence electrons. The van der Waals surface area contributed by atoms with Gasteiger partial charge >= 0.3 is 0 Å². The third kappa shape index (κ3) is 4.83. The lowest BCUT2D eigenvalue weighted by atomic mass is 9.80. The summed E-state index contributed by atoms with van der Waals surface area (Å²) in [5.41, 5.74) is 9.86. The van der Waals surface area contributed by atoms with E-state index in [9.17, 15) is 14.4 Å². The zero-order valence-corrected chi connectivity index (χ0v) is 18.6. The number of aromatic nitrogens is 1. The van der Waals surface area contributed by atoms with Crippen molar-refractivity contribution in [3.05, 3.63) is 98.8 Å². The summed E-state index contributed by atoms with van der Waals surface area (Å²) in [7, 11) is 0. The van der Waals surface area contributed by atoms with Crippen molar-refractivity contribution in [1.82, 2.24) is 15.8 Å². The quantitative estimate of drug-likeness (QED) is 0.463. The van der Waals surface area contributed by atoms with Crippen LogP contribution in [0.1, 0.15) is 49.5 Å². The maximum absolute atomic E-state index is 13.2. The third-order valence-electron chi connectivity index (χ3n) is 5.24. The molecular weight excluding hydrogens is 467 g/mol. The van der Waals surface area contributed by atoms with Crippen LogP contribution >= 0.6 is 23.2 Å². The Labute approximate surface area is 199 Å². The van der Waals surface area contributed by atoms with E-state index in [1.807, 2.05) is 0 Å². The van der Waals surface area contributed by atoms with Gasteiger partial charge in [-0.1, -0.05) is 47.5 Å². The summed E-state index contributed by atoms with van der Waals surface area (Å²) < 4.78 is 0. The summed E-state index contributed by atoms with van der Waals surface area (Å²) in [6.07, 6.45) is 1.33. The van der Waals surface area contributed by atoms with E-state index in [4.69, 9.17) is 33.8 Å². The number of carbonyl (C=O) groups excluding carboxylic acids is 3. The van der Waals surface area contributed by atoms with Crippen LogP contribution in [-0.4, -0.2) is 22.7 Å². The van der Waals surface area contributed by atoms with Crippen LogP contribution in [0.15, 0.2) is 60.8 Å². The Morgan fingerprint density at radius 1 is 1.09 bits per heavy atom. The summed E-state index contributed by atoms with van der Waals surface area (Å²) in [5.74, 6) is -2.20. The molecule has 8 nitrogen and oxygen atoms in total. The number of nitrogens with two attached hydrogens (primary N) is 1. The van der Waals surface area contributed by atoms with Gasteiger partial charge in [-0.25, -0.2) is 5.48 Å². The van der Waals surface area contributed by atoms with Gasteiger partial charge in [0.15, 0.2) is 0 Å². The Morgan fingerprint density at radius 2 is 1.88 bits per heavy atom. The minimum absolute atomic E-state index is 0.0438. The standard InChI is InChI=1S/C23H18Cl2N4O4/c24-13-6-8-17(18(25)9-13)20-19(15-3-1-2-4-16(15)22(31)28-20)23(32)29-33-11-14-7-5-12(10-27-14)21(26)30/h1-10,19-20H,11H2,(H2,26,30)(H,28,31)(H,29,32)/t19-,20+/m1/s1. The predicted octanol–water partition coefficient (Wildman–Crippen LogP) is 3.30. The lowest BCUT2D eigenvalue weighted by Crippen LogP contribution is -2.44. The molecule has 4 rings (SSSR count). The van der Waals surface area contributed by atoms with E-state index in [2.05, 4.69) is 15.8 Å². The number of hydroxylamine groups is 1. The van der Waals surface area contributed by atoms with Gasteiger partial charge in [-0.15, -0.1) is 0 Å². The van der Waals surface area contributed by atoms with Crippen LogP contribution in [0.5, 0.6) is 0 Å². The first-order chi connectivity index (χ1) is 15.8. The fourth-order valence-electron chi connectivity index (χ4n) is 3.66. The van der Waals surface area contributed by atoms with Crippen molar-refractivity contribution in [2.24, 2.45) is 5.73 Å². The number of primary amides is 1. The minimum atomic E-state index is -0.817. The second-order valence-corrected chi connectivity index (χ2v) is 8.18. The van der Waals surface area contributed by atoms with E-state index in [0.717, 1.165) is 0 Å². The molecule has 0 saturated carbocycles. The molecule has 3 aromatic rings. The second-order valence-electron chi connectivity index (χ2n) is 7.34. The van der Waals surface area contributed by atoms with Gasteiger partial charge in [0.25, 0.3) is 11.8 Å². The molecule has 0 unspecified atom stereocenters. The Balaban J connectivity index is 1.57. The number of benzene rings is 2. The summed E-state index contributed by atoms with van der Waals surface area (Å²) in [4.78, 5) is 46.5. The number of pyridine rings is 1. The first-order valence-corrected chi connectivity index (χ1v) is 10.6. The number of nitrogens with one attached hydrogen (secondary N) is 2. The van der Waals surface area contributed by atoms with Crippen LogP contribution in [-0.2, 0) is 16.2 Å². The van der Waals surface area contributed by atoms with E-state index in [-0.39, 0.29) is 18.1 Å². The fourth-order valence-corrected chi connectivity index (χ4v) is 4.19. The highest BCUT2D eigenvalue weighted by Gasteiger charge is 2.40. The van der Waals surface area contributed by atoms with Gasteiger partial charge in [0.05, 0.1) is 23.2 Å². The van der Waals surface area contributed by atoms with Crippen LogP contribution in [0.2, 0.25) is 10.0 Å². The van der Waals surface area contributed by atoms with Crippen LogP contribution in [0.25, 0.3) is 0 Å². The molecule has 0 radical (unpaired) electrons. The number of hydrogen-bond donors (Lipinski definition) is 3. The molecule has 0 fully saturated rings. The first kappa shape index (κ1) is 22.7. The maximum atomic E-state index is 13.2. The van der Waals surface area contributed by atoms with Crippen LogP contribution in [0, 0.1) is 0 Å². The summed E-state index contributed by atoms with van der Waals surface area (Å²) in [6, 6.07) is 14.1. The van der Waals surface area contributed by atoms with Gasteiger partial charge in [0.2, 0.25) is 5.91 Å². The number of fused-ring (bicyclic) bond motifs is 1. The van der Waals surface area contributed by atoms with Crippen molar-refractivity contribution in [3.63, 3.8) is 0 Å². The zero-order valence-electron chi connectivity index (χ0n) is 17.0. The topological polar surface area (TPSA) is 123 Å². The molecule has 1 aromatic heterocycles. The zero-order chi connectivity index (χ0) is 23.5. The van der Waals surface area contributed by atoms with Gasteiger partial charge in [0, 0.05) is 21.8 Å². The molecule has 1 aliphatic heterocycles. The smallest absolute Gasteiger partial charge is 0.253 e. The number of halogens is 2. The minimum Gasteiger partial charge on any atom is -0.366 e. The number of rotatable bonds is 6. The SMILES string of the molecule is NC(=O)c1ccc(CONC(=O)[C@@H]2c3ccccc3C(=O)N[C@H]2c2ccc(Cl)cc2Cl)nc1. The number of carbonyl (C=O) groups is 3. The molecule has 10 heteroatoms. The van der Waals surface area contributed by atoms with E-state index in [0.29, 0.717) is 32.4 Å². The average molecular weight is 485 g/mol. The Morgan fingerprint density at radius 3 is 2.58 bits per heavy atom. The molecule has 3 amide bonds. The molecule has 1 aliphatic rings. The fraction of sp³-hybridized carbons (Fsp3) is 0.130. The molecule has 0 aliphatic carbocycles. The van der Waals surface area contributed by atoms with E-state index in [1.165, 1.54) is 12.3 Å². The van der Waals surface area contributed by atoms with Gasteiger partial charge in [-0.3, -0.25) is 24.2 Å². The average Bonchev–Trinajstić information content (AvgIpc) is 2.79. The van der Waals surface area contributed by atoms with Gasteiger partial charge in [-0.2, -0.15) is 0 Å². The lowest BCUT2D eigenvalue weighted by Gasteiger charge is -2.33. The molecule has 2 aromatic carbocycles. The van der Waals surface area contributed by atoms with E-state index < -0.39 is 23.8 Å². The molecule has 2 atom stereocenters. The van der Waals surface area contributed by atoms with Crippen LogP contribution in [0.4, 0.5) is 0 Å². The van der Waals surface area contributed by atoms with Crippen molar-refractivity contribution in [2.75, 3.05) is 0 Å². The molecule has 0 spiro atoms. The second kappa shape index (κ2) is 9.58. The molecule has 0 bridgehead atoms. The molecule has 0 saturated heterocycles. The van der Waals surface area contributed by atoms with E-state index >= 15 is 0 Å². The largest absolute Gasteiger partial charge is 0.366 e. The highest BCUT2D eigenvalue weighted by Crippen LogP contribution is 2.40. The van der Waals surface area contributed by atoms with Crippen LogP contribution < -0.4 is 16.5 Å². The monoisotopic (exact) mass is 484 g/mol. The number of amides is 3. The van der Waals surface area contributed by atoms with Crippen molar-refractivity contribution in [2.45, 2.75) is 18.6 Å². The lowest BCUT2D eigenvalue weighted by molar-refractivity contribution is -0.137. The summed E-state index contributed by atoms with van der Waals surface area (Å²) in [6.45, 7) is -0.0438. The summed E-state index contributed by atoms with van der Waals surface area (Å²) >= 11 is 12.4. The van der Waals surface area contributed by atoms with Crippen molar-refractivity contribution in [3.8, 4) is 0 Å². The van der Waals surface area contributed by atoms with Gasteiger partial charge < -0.3 is 11.1 Å². The van der Waals surface area contributed by atoms with Crippen molar-refractivity contribution in [1.29, 1.82) is 0 Å². The third-order valence-corrected chi connectivity index (χ3v) is 5.80. The molecule has 4 N–H and O–H groups in total. The highest BCUT2D eigenvalue weighted by molar-refractivity contribution is 6.35. The number of hydrogen-bond acceptors (Lipinski definition) is 5. The summed E-state index contributed by atoms with van der Waals surface area (Å²) in [5, 5.41) is 3.63. The molecule has 33 heavy (non-hydrogen) atoms. The first-order valence-electron chi connectivity index (χ1n) is 9.86. The van der Waals surface area contributed by atoms with Crippen molar-refractivity contribution >= 4 is 40.9 Å². The van der Waals surface area contributed by atoms with Gasteiger partial charge in [-0.05, 0) is 41.5 Å². The number of nitrogens with zero attached hydrogens (tertiary/aromatic N) is 1. The van der Waals surface area contributed by atoms with Crippen LogP contribution in [0.3, 0.4) is 0 Å². The highest BCUT2D eigenvalue weighted by atomic mass is 35.5. The Kier molecular flexibility index (Phi) is 6.60. The molecule has 2 heterocycles. The Hall–Kier alpha value is -3.46. The molecular formula is C23H18Cl2N4O4. The maximum Gasteiger partial charge on any atom is 0.253 e. The normalized spacial score (nSPS) is 17.1. The predicted molar refractivity (Wildman–Crippen MR) is 122 cm³/mol. The van der Waals surface area contributed by atoms with Crippen molar-refractivity contribution < 1.29 is 19.2 Å². The van der Waals surface area contributed by atoms with E-state index in [1.54, 1.807) is 48.5 Å². The Bertz CT molecular complexity index is 1230. The van der Waals surface area contributed by atoms with Gasteiger partial charge in [0.1, 0.15) is 6.61 Å².